The van der Waals surface area contributed by atoms with E-state index in [1.807, 2.05) is 0 Å². The lowest BCUT2D eigenvalue weighted by Gasteiger charge is -2.20. The Kier molecular flexibility index (Phi) is 6.52. The van der Waals surface area contributed by atoms with Gasteiger partial charge in [-0.25, -0.2) is 4.79 Å². The van der Waals surface area contributed by atoms with Crippen molar-refractivity contribution in [2.24, 2.45) is 0 Å². The number of carbonyl (C=O) groups is 3. The Labute approximate surface area is 129 Å². The maximum atomic E-state index is 12.0. The Morgan fingerprint density at radius 1 is 1.23 bits per heavy atom. The summed E-state index contributed by atoms with van der Waals surface area (Å²) in [6.07, 6.45) is 0.326. The number of nitrogens with zero attached hydrogens (tertiary/aromatic N) is 1. The van der Waals surface area contributed by atoms with Gasteiger partial charge in [-0.2, -0.15) is 0 Å². The monoisotopic (exact) mass is 308 g/mol. The molecule has 1 aromatic rings. The highest BCUT2D eigenvalue weighted by Gasteiger charge is 2.20. The molecule has 0 unspecified atom stereocenters. The number of ether oxygens (including phenoxy) is 2. The molecule has 0 saturated heterocycles. The molecule has 1 aromatic carbocycles. The molecule has 0 aliphatic rings. The van der Waals surface area contributed by atoms with Gasteiger partial charge < -0.3 is 19.7 Å². The van der Waals surface area contributed by atoms with Crippen LogP contribution in [0.15, 0.2) is 18.2 Å². The summed E-state index contributed by atoms with van der Waals surface area (Å²) in [5.74, 6) is -1.06. The Morgan fingerprint density at radius 2 is 1.91 bits per heavy atom. The van der Waals surface area contributed by atoms with Gasteiger partial charge >= 0.3 is 5.97 Å². The highest BCUT2D eigenvalue weighted by atomic mass is 16.5. The van der Waals surface area contributed by atoms with Crippen LogP contribution >= 0.6 is 0 Å². The standard InChI is InChI=1S/C15H20N2O5/c1-5-13(18)16-10-6-7-11(15(20)22-4)12(8-10)17(2)14(19)9-21-3/h6-8H,5,9H2,1-4H3,(H,16,18). The number of hydrogen-bond donors (Lipinski definition) is 1. The second-order valence-electron chi connectivity index (χ2n) is 4.51. The summed E-state index contributed by atoms with van der Waals surface area (Å²) in [4.78, 5) is 36.5. The second kappa shape index (κ2) is 8.14. The zero-order chi connectivity index (χ0) is 16.7. The molecule has 0 heterocycles. The lowest BCUT2D eigenvalue weighted by Crippen LogP contribution is -2.31. The fraction of sp³-hybridized carbons (Fsp3) is 0.400. The van der Waals surface area contributed by atoms with E-state index in [0.29, 0.717) is 17.8 Å². The van der Waals surface area contributed by atoms with E-state index in [2.05, 4.69) is 5.32 Å². The SMILES string of the molecule is CCC(=O)Nc1ccc(C(=O)OC)c(N(C)C(=O)COC)c1. The Bertz CT molecular complexity index is 571. The molecular weight excluding hydrogens is 288 g/mol. The van der Waals surface area contributed by atoms with Crippen LogP contribution in [0.3, 0.4) is 0 Å². The molecule has 7 nitrogen and oxygen atoms in total. The Balaban J connectivity index is 3.22. The number of hydrogen-bond acceptors (Lipinski definition) is 5. The topological polar surface area (TPSA) is 84.9 Å². The van der Waals surface area contributed by atoms with Crippen molar-refractivity contribution in [1.82, 2.24) is 0 Å². The maximum Gasteiger partial charge on any atom is 0.339 e. The number of nitrogens with one attached hydrogen (secondary N) is 1. The van der Waals surface area contributed by atoms with Gasteiger partial charge in [-0.1, -0.05) is 6.92 Å². The summed E-state index contributed by atoms with van der Waals surface area (Å²) < 4.78 is 9.52. The van der Waals surface area contributed by atoms with Gasteiger partial charge in [0.2, 0.25) is 5.91 Å². The van der Waals surface area contributed by atoms with Crippen LogP contribution in [0.5, 0.6) is 0 Å². The van der Waals surface area contributed by atoms with Crippen LogP contribution in [0.4, 0.5) is 11.4 Å². The van der Waals surface area contributed by atoms with E-state index in [1.54, 1.807) is 19.1 Å². The summed E-state index contributed by atoms with van der Waals surface area (Å²) in [6.45, 7) is 1.61. The summed E-state index contributed by atoms with van der Waals surface area (Å²) in [6, 6.07) is 4.63. The van der Waals surface area contributed by atoms with Gasteiger partial charge in [0.25, 0.3) is 5.91 Å². The molecule has 1 rings (SSSR count). The molecule has 7 heteroatoms. The van der Waals surface area contributed by atoms with Crippen molar-refractivity contribution in [3.8, 4) is 0 Å². The predicted molar refractivity (Wildman–Crippen MR) is 82.0 cm³/mol. The third-order valence-electron chi connectivity index (χ3n) is 3.01. The first-order valence-corrected chi connectivity index (χ1v) is 6.72. The number of benzene rings is 1. The normalized spacial score (nSPS) is 10.0. The van der Waals surface area contributed by atoms with Crippen LogP contribution in [-0.2, 0) is 19.1 Å². The van der Waals surface area contributed by atoms with Gasteiger partial charge in [0.05, 0.1) is 18.4 Å². The van der Waals surface area contributed by atoms with Crippen molar-refractivity contribution >= 4 is 29.2 Å². The zero-order valence-corrected chi connectivity index (χ0v) is 13.1. The molecule has 0 radical (unpaired) electrons. The van der Waals surface area contributed by atoms with Crippen molar-refractivity contribution in [2.45, 2.75) is 13.3 Å². The lowest BCUT2D eigenvalue weighted by atomic mass is 10.1. The Morgan fingerprint density at radius 3 is 2.45 bits per heavy atom. The first-order valence-electron chi connectivity index (χ1n) is 6.72. The molecule has 0 spiro atoms. The number of anilines is 2. The molecule has 2 amide bonds. The van der Waals surface area contributed by atoms with E-state index in [-0.39, 0.29) is 24.0 Å². The third-order valence-corrected chi connectivity index (χ3v) is 3.01. The molecule has 0 aliphatic carbocycles. The van der Waals surface area contributed by atoms with Crippen LogP contribution in [0.25, 0.3) is 0 Å². The fourth-order valence-electron chi connectivity index (χ4n) is 1.77. The van der Waals surface area contributed by atoms with Crippen molar-refractivity contribution < 1.29 is 23.9 Å². The first-order chi connectivity index (χ1) is 10.4. The van der Waals surface area contributed by atoms with E-state index in [1.165, 1.54) is 32.2 Å². The summed E-state index contributed by atoms with van der Waals surface area (Å²) in [7, 11) is 4.19. The minimum Gasteiger partial charge on any atom is -0.465 e. The average molecular weight is 308 g/mol. The molecule has 22 heavy (non-hydrogen) atoms. The molecule has 1 N–H and O–H groups in total. The van der Waals surface area contributed by atoms with Crippen LogP contribution in [-0.4, -0.2) is 45.7 Å². The van der Waals surface area contributed by atoms with E-state index < -0.39 is 5.97 Å². The van der Waals surface area contributed by atoms with E-state index in [9.17, 15) is 14.4 Å². The molecule has 0 saturated carbocycles. The maximum absolute atomic E-state index is 12.0. The summed E-state index contributed by atoms with van der Waals surface area (Å²) in [5, 5.41) is 2.68. The van der Waals surface area contributed by atoms with Crippen molar-refractivity contribution in [1.29, 1.82) is 0 Å². The summed E-state index contributed by atoms with van der Waals surface area (Å²) in [5.41, 5.74) is 1.05. The van der Waals surface area contributed by atoms with Crippen LogP contribution in [0.2, 0.25) is 0 Å². The lowest BCUT2D eigenvalue weighted by molar-refractivity contribution is -0.121. The molecule has 120 valence electrons. The molecule has 0 aromatic heterocycles. The fourth-order valence-corrected chi connectivity index (χ4v) is 1.77. The van der Waals surface area contributed by atoms with E-state index in [4.69, 9.17) is 9.47 Å². The van der Waals surface area contributed by atoms with Gasteiger partial charge in [-0.3, -0.25) is 9.59 Å². The van der Waals surface area contributed by atoms with Crippen molar-refractivity contribution in [3.63, 3.8) is 0 Å². The number of likely N-dealkylation sites (N-methyl/N-ethyl adjacent to an activating group) is 1. The number of esters is 1. The van der Waals surface area contributed by atoms with Crippen LogP contribution in [0, 0.1) is 0 Å². The number of rotatable bonds is 6. The third kappa shape index (κ3) is 4.29. The molecule has 0 aliphatic heterocycles. The molecule has 0 bridgehead atoms. The van der Waals surface area contributed by atoms with Crippen molar-refractivity contribution in [2.75, 3.05) is 38.1 Å². The molecule has 0 atom stereocenters. The highest BCUT2D eigenvalue weighted by Crippen LogP contribution is 2.25. The number of amides is 2. The van der Waals surface area contributed by atoms with Crippen molar-refractivity contribution in [3.05, 3.63) is 23.8 Å². The van der Waals surface area contributed by atoms with Gasteiger partial charge in [0, 0.05) is 26.3 Å². The van der Waals surface area contributed by atoms with Crippen LogP contribution < -0.4 is 10.2 Å². The van der Waals surface area contributed by atoms with E-state index in [0.717, 1.165) is 0 Å². The zero-order valence-electron chi connectivity index (χ0n) is 13.1. The number of carbonyl (C=O) groups excluding carboxylic acids is 3. The van der Waals surface area contributed by atoms with Gasteiger partial charge in [-0.05, 0) is 18.2 Å². The highest BCUT2D eigenvalue weighted by molar-refractivity contribution is 6.04. The minimum absolute atomic E-state index is 0.122. The quantitative estimate of drug-likeness (QED) is 0.804. The smallest absolute Gasteiger partial charge is 0.339 e. The largest absolute Gasteiger partial charge is 0.465 e. The molecule has 0 fully saturated rings. The van der Waals surface area contributed by atoms with Gasteiger partial charge in [-0.15, -0.1) is 0 Å². The average Bonchev–Trinajstić information content (AvgIpc) is 2.53. The van der Waals surface area contributed by atoms with Gasteiger partial charge in [0.15, 0.2) is 0 Å². The Hall–Kier alpha value is -2.41. The predicted octanol–water partition coefficient (Wildman–Crippen LogP) is 1.43. The van der Waals surface area contributed by atoms with Gasteiger partial charge in [0.1, 0.15) is 6.61 Å². The minimum atomic E-state index is -0.569. The van der Waals surface area contributed by atoms with Crippen LogP contribution in [0.1, 0.15) is 23.7 Å². The summed E-state index contributed by atoms with van der Waals surface area (Å²) >= 11 is 0. The molecular formula is C15H20N2O5. The second-order valence-corrected chi connectivity index (χ2v) is 4.51. The first kappa shape index (κ1) is 17.6. The number of methoxy groups -OCH3 is 2. The van der Waals surface area contributed by atoms with E-state index >= 15 is 0 Å².